The van der Waals surface area contributed by atoms with Gasteiger partial charge in [-0.15, -0.1) is 0 Å². The van der Waals surface area contributed by atoms with E-state index in [0.717, 1.165) is 4.47 Å². The molecule has 1 N–H and O–H groups in total. The summed E-state index contributed by atoms with van der Waals surface area (Å²) in [6.45, 7) is 1.40. The van der Waals surface area contributed by atoms with Gasteiger partial charge in [-0.3, -0.25) is 9.59 Å². The van der Waals surface area contributed by atoms with Crippen molar-refractivity contribution in [2.45, 2.75) is 6.92 Å². The second kappa shape index (κ2) is 6.20. The van der Waals surface area contributed by atoms with Crippen LogP contribution in [0.25, 0.3) is 0 Å². The SMILES string of the molecule is CC(=O)Nc1ccc(Br)cc1C(=O)c1ccc(Cl)cc1. The molecule has 0 aliphatic rings. The highest BCUT2D eigenvalue weighted by molar-refractivity contribution is 9.10. The van der Waals surface area contributed by atoms with Crippen LogP contribution in [-0.4, -0.2) is 11.7 Å². The Morgan fingerprint density at radius 2 is 1.75 bits per heavy atom. The minimum absolute atomic E-state index is 0.174. The fourth-order valence-electron chi connectivity index (χ4n) is 1.76. The van der Waals surface area contributed by atoms with E-state index in [1.54, 1.807) is 42.5 Å². The molecule has 0 aliphatic carbocycles. The zero-order valence-electron chi connectivity index (χ0n) is 10.6. The topological polar surface area (TPSA) is 46.2 Å². The maximum atomic E-state index is 12.5. The van der Waals surface area contributed by atoms with Gasteiger partial charge in [0.25, 0.3) is 0 Å². The number of amides is 1. The Hall–Kier alpha value is -1.65. The van der Waals surface area contributed by atoms with E-state index in [4.69, 9.17) is 11.6 Å². The Kier molecular flexibility index (Phi) is 4.57. The zero-order chi connectivity index (χ0) is 14.7. The number of rotatable bonds is 3. The number of ketones is 1. The maximum absolute atomic E-state index is 12.5. The van der Waals surface area contributed by atoms with Crippen molar-refractivity contribution in [2.75, 3.05) is 5.32 Å². The molecule has 0 unspecified atom stereocenters. The molecule has 1 amide bonds. The van der Waals surface area contributed by atoms with Gasteiger partial charge in [0.15, 0.2) is 5.78 Å². The highest BCUT2D eigenvalue weighted by atomic mass is 79.9. The van der Waals surface area contributed by atoms with Gasteiger partial charge in [0.1, 0.15) is 0 Å². The van der Waals surface area contributed by atoms with Gasteiger partial charge >= 0.3 is 0 Å². The van der Waals surface area contributed by atoms with Gasteiger partial charge in [-0.1, -0.05) is 27.5 Å². The number of hydrogen-bond donors (Lipinski definition) is 1. The fraction of sp³-hybridized carbons (Fsp3) is 0.0667. The molecule has 0 saturated carbocycles. The summed E-state index contributed by atoms with van der Waals surface area (Å²) in [5.74, 6) is -0.399. The lowest BCUT2D eigenvalue weighted by Gasteiger charge is -2.10. The van der Waals surface area contributed by atoms with Crippen molar-refractivity contribution in [3.8, 4) is 0 Å². The molecule has 2 rings (SSSR count). The van der Waals surface area contributed by atoms with Crippen LogP contribution in [-0.2, 0) is 4.79 Å². The number of carbonyl (C=O) groups is 2. The van der Waals surface area contributed by atoms with E-state index in [0.29, 0.717) is 21.8 Å². The highest BCUT2D eigenvalue weighted by Crippen LogP contribution is 2.24. The van der Waals surface area contributed by atoms with Gasteiger partial charge in [0.05, 0.1) is 5.69 Å². The molecule has 2 aromatic rings. The van der Waals surface area contributed by atoms with E-state index >= 15 is 0 Å². The second-order valence-electron chi connectivity index (χ2n) is 4.21. The van der Waals surface area contributed by atoms with E-state index in [-0.39, 0.29) is 11.7 Å². The minimum atomic E-state index is -0.225. The highest BCUT2D eigenvalue weighted by Gasteiger charge is 2.15. The largest absolute Gasteiger partial charge is 0.326 e. The number of carbonyl (C=O) groups excluding carboxylic acids is 2. The first-order valence-corrected chi connectivity index (χ1v) is 7.02. The Bertz CT molecular complexity index is 668. The third-order valence-corrected chi connectivity index (χ3v) is 3.39. The van der Waals surface area contributed by atoms with E-state index in [9.17, 15) is 9.59 Å². The van der Waals surface area contributed by atoms with Gasteiger partial charge < -0.3 is 5.32 Å². The average molecular weight is 353 g/mol. The quantitative estimate of drug-likeness (QED) is 0.838. The monoisotopic (exact) mass is 351 g/mol. The molecule has 0 aliphatic heterocycles. The molecule has 0 radical (unpaired) electrons. The minimum Gasteiger partial charge on any atom is -0.326 e. The van der Waals surface area contributed by atoms with Crippen LogP contribution in [0, 0.1) is 0 Å². The summed E-state index contributed by atoms with van der Waals surface area (Å²) in [6, 6.07) is 11.8. The molecule has 2 aromatic carbocycles. The van der Waals surface area contributed by atoms with Crippen molar-refractivity contribution in [2.24, 2.45) is 0 Å². The van der Waals surface area contributed by atoms with E-state index in [1.165, 1.54) is 6.92 Å². The summed E-state index contributed by atoms with van der Waals surface area (Å²) in [7, 11) is 0. The first-order valence-electron chi connectivity index (χ1n) is 5.85. The third-order valence-electron chi connectivity index (χ3n) is 2.64. The average Bonchev–Trinajstić information content (AvgIpc) is 2.40. The molecular weight excluding hydrogens is 342 g/mol. The second-order valence-corrected chi connectivity index (χ2v) is 5.56. The molecular formula is C15H11BrClNO2. The van der Waals surface area contributed by atoms with Gasteiger partial charge in [-0.25, -0.2) is 0 Å². The Morgan fingerprint density at radius 1 is 1.10 bits per heavy atom. The van der Waals surface area contributed by atoms with Crippen LogP contribution >= 0.6 is 27.5 Å². The van der Waals surface area contributed by atoms with Crippen molar-refractivity contribution < 1.29 is 9.59 Å². The van der Waals surface area contributed by atoms with E-state index in [2.05, 4.69) is 21.2 Å². The molecule has 0 bridgehead atoms. The number of hydrogen-bond acceptors (Lipinski definition) is 2. The maximum Gasteiger partial charge on any atom is 0.221 e. The van der Waals surface area contributed by atoms with Crippen LogP contribution in [0.4, 0.5) is 5.69 Å². The summed E-state index contributed by atoms with van der Waals surface area (Å²) in [5, 5.41) is 3.22. The molecule has 0 aromatic heterocycles. The van der Waals surface area contributed by atoms with Crippen molar-refractivity contribution in [1.82, 2.24) is 0 Å². The smallest absolute Gasteiger partial charge is 0.221 e. The summed E-state index contributed by atoms with van der Waals surface area (Å²) in [6.07, 6.45) is 0. The molecule has 102 valence electrons. The fourth-order valence-corrected chi connectivity index (χ4v) is 2.25. The number of anilines is 1. The first-order chi connectivity index (χ1) is 9.47. The first kappa shape index (κ1) is 14.8. The van der Waals surface area contributed by atoms with Crippen LogP contribution in [0.1, 0.15) is 22.8 Å². The molecule has 0 fully saturated rings. The Balaban J connectivity index is 2.44. The van der Waals surface area contributed by atoms with Crippen LogP contribution < -0.4 is 5.32 Å². The molecule has 0 atom stereocenters. The van der Waals surface area contributed by atoms with E-state index in [1.807, 2.05) is 0 Å². The molecule has 3 nitrogen and oxygen atoms in total. The zero-order valence-corrected chi connectivity index (χ0v) is 13.0. The third kappa shape index (κ3) is 3.46. The normalized spacial score (nSPS) is 10.2. The van der Waals surface area contributed by atoms with Crippen molar-refractivity contribution in [1.29, 1.82) is 0 Å². The van der Waals surface area contributed by atoms with Crippen LogP contribution in [0.5, 0.6) is 0 Å². The summed E-state index contributed by atoms with van der Waals surface area (Å²) in [5.41, 5.74) is 1.43. The van der Waals surface area contributed by atoms with Crippen molar-refractivity contribution >= 4 is 44.9 Å². The molecule has 5 heteroatoms. The predicted octanol–water partition coefficient (Wildman–Crippen LogP) is 4.29. The standard InChI is InChI=1S/C15H11BrClNO2/c1-9(19)18-14-7-4-11(16)8-13(14)15(20)10-2-5-12(17)6-3-10/h2-8H,1H3,(H,18,19). The predicted molar refractivity (Wildman–Crippen MR) is 83.3 cm³/mol. The van der Waals surface area contributed by atoms with Crippen LogP contribution in [0.2, 0.25) is 5.02 Å². The number of halogens is 2. The summed E-state index contributed by atoms with van der Waals surface area (Å²) in [4.78, 5) is 23.7. The van der Waals surface area contributed by atoms with Crippen molar-refractivity contribution in [3.63, 3.8) is 0 Å². The van der Waals surface area contributed by atoms with Crippen LogP contribution in [0.15, 0.2) is 46.9 Å². The molecule has 0 saturated heterocycles. The summed E-state index contributed by atoms with van der Waals surface area (Å²) >= 11 is 9.14. The Morgan fingerprint density at radius 3 is 2.35 bits per heavy atom. The molecule has 0 heterocycles. The van der Waals surface area contributed by atoms with Gasteiger partial charge in [0, 0.05) is 27.5 Å². The molecule has 0 spiro atoms. The van der Waals surface area contributed by atoms with Gasteiger partial charge in [-0.05, 0) is 42.5 Å². The number of nitrogens with one attached hydrogen (secondary N) is 1. The van der Waals surface area contributed by atoms with Crippen molar-refractivity contribution in [3.05, 3.63) is 63.1 Å². The van der Waals surface area contributed by atoms with Gasteiger partial charge in [-0.2, -0.15) is 0 Å². The molecule has 20 heavy (non-hydrogen) atoms. The van der Waals surface area contributed by atoms with Gasteiger partial charge in [0.2, 0.25) is 5.91 Å². The lowest BCUT2D eigenvalue weighted by atomic mass is 10.0. The lowest BCUT2D eigenvalue weighted by Crippen LogP contribution is -2.11. The summed E-state index contributed by atoms with van der Waals surface area (Å²) < 4.78 is 0.768. The number of benzene rings is 2. The van der Waals surface area contributed by atoms with E-state index < -0.39 is 0 Å². The van der Waals surface area contributed by atoms with Crippen LogP contribution in [0.3, 0.4) is 0 Å². The Labute approximate surface area is 130 Å². The lowest BCUT2D eigenvalue weighted by molar-refractivity contribution is -0.114.